The number of aliphatic imine (C=N–C) groups is 1. The molecule has 0 saturated carbocycles. The fourth-order valence-electron chi connectivity index (χ4n) is 4.67. The van der Waals surface area contributed by atoms with Crippen molar-refractivity contribution in [2.45, 2.75) is 13.0 Å². The lowest BCUT2D eigenvalue weighted by molar-refractivity contribution is -0.134. The van der Waals surface area contributed by atoms with Gasteiger partial charge in [-0.2, -0.15) is 10.4 Å². The van der Waals surface area contributed by atoms with Gasteiger partial charge in [-0.25, -0.2) is 14.1 Å². The van der Waals surface area contributed by atoms with E-state index in [1.165, 1.54) is 12.1 Å². The van der Waals surface area contributed by atoms with Gasteiger partial charge in [0.15, 0.2) is 5.82 Å². The van der Waals surface area contributed by atoms with Crippen LogP contribution < -0.4 is 4.90 Å². The van der Waals surface area contributed by atoms with Gasteiger partial charge in [0.25, 0.3) is 0 Å². The Bertz CT molecular complexity index is 1230. The van der Waals surface area contributed by atoms with Gasteiger partial charge in [0, 0.05) is 43.6 Å². The van der Waals surface area contributed by atoms with Crippen molar-refractivity contribution in [2.75, 3.05) is 31.1 Å². The standard InChI is InChI=1S/C25H23FN6O/c1-17-23(25(33)31-14-12-30(13-15-31)21-8-6-20(26)7-9-21)24(32-22(29-17)10-11-28-32)19-4-2-18(16-27)3-5-19/h2-11,23-24H,12-15H2,1H3. The number of benzene rings is 2. The maximum absolute atomic E-state index is 13.8. The molecule has 166 valence electrons. The van der Waals surface area contributed by atoms with Gasteiger partial charge < -0.3 is 9.80 Å². The molecule has 1 amide bonds. The van der Waals surface area contributed by atoms with Crippen LogP contribution in [0.25, 0.3) is 0 Å². The van der Waals surface area contributed by atoms with E-state index in [2.05, 4.69) is 21.1 Å². The largest absolute Gasteiger partial charge is 0.368 e. The minimum absolute atomic E-state index is 0.0190. The maximum Gasteiger partial charge on any atom is 0.234 e. The normalized spacial score (nSPS) is 20.1. The summed E-state index contributed by atoms with van der Waals surface area (Å²) in [4.78, 5) is 22.5. The lowest BCUT2D eigenvalue weighted by Gasteiger charge is -2.40. The minimum Gasteiger partial charge on any atom is -0.368 e. The van der Waals surface area contributed by atoms with Crippen molar-refractivity contribution in [3.05, 3.63) is 77.7 Å². The van der Waals surface area contributed by atoms with Crippen molar-refractivity contribution < 1.29 is 9.18 Å². The molecular formula is C25H23FN6O. The van der Waals surface area contributed by atoms with Crippen LogP contribution in [-0.4, -0.2) is 52.5 Å². The van der Waals surface area contributed by atoms with Crippen molar-refractivity contribution >= 4 is 23.1 Å². The first-order chi connectivity index (χ1) is 16.0. The highest BCUT2D eigenvalue weighted by molar-refractivity contribution is 6.05. The first-order valence-corrected chi connectivity index (χ1v) is 10.9. The molecule has 2 aliphatic rings. The van der Waals surface area contributed by atoms with Gasteiger partial charge >= 0.3 is 0 Å². The summed E-state index contributed by atoms with van der Waals surface area (Å²) in [6.07, 6.45) is 1.69. The Morgan fingerprint density at radius 2 is 1.73 bits per heavy atom. The number of piperazine rings is 1. The summed E-state index contributed by atoms with van der Waals surface area (Å²) in [5.41, 5.74) is 3.19. The third kappa shape index (κ3) is 3.87. The lowest BCUT2D eigenvalue weighted by atomic mass is 9.86. The summed E-state index contributed by atoms with van der Waals surface area (Å²) in [6, 6.07) is 17.4. The molecule has 1 saturated heterocycles. The second-order valence-electron chi connectivity index (χ2n) is 8.33. The SMILES string of the molecule is CC1=Nc2ccnn2C(c2ccc(C#N)cc2)C1C(=O)N1CCN(c2ccc(F)cc2)CC1. The van der Waals surface area contributed by atoms with E-state index >= 15 is 0 Å². The highest BCUT2D eigenvalue weighted by Crippen LogP contribution is 2.37. The molecule has 2 aromatic carbocycles. The second-order valence-corrected chi connectivity index (χ2v) is 8.33. The summed E-state index contributed by atoms with van der Waals surface area (Å²) in [6.45, 7) is 4.40. The predicted molar refractivity (Wildman–Crippen MR) is 123 cm³/mol. The van der Waals surface area contributed by atoms with E-state index in [1.54, 1.807) is 35.1 Å². The van der Waals surface area contributed by atoms with Crippen LogP contribution in [0.5, 0.6) is 0 Å². The fourth-order valence-corrected chi connectivity index (χ4v) is 4.67. The van der Waals surface area contributed by atoms with E-state index in [0.29, 0.717) is 37.6 Å². The Hall–Kier alpha value is -3.99. The van der Waals surface area contributed by atoms with Crippen molar-refractivity contribution in [3.63, 3.8) is 0 Å². The van der Waals surface area contributed by atoms with E-state index < -0.39 is 5.92 Å². The number of fused-ring (bicyclic) bond motifs is 1. The van der Waals surface area contributed by atoms with Gasteiger partial charge in [-0.15, -0.1) is 0 Å². The Labute approximate surface area is 191 Å². The van der Waals surface area contributed by atoms with Gasteiger partial charge in [0.1, 0.15) is 11.7 Å². The number of carbonyl (C=O) groups excluding carboxylic acids is 1. The maximum atomic E-state index is 13.8. The van der Waals surface area contributed by atoms with Crippen LogP contribution in [0.1, 0.15) is 24.1 Å². The van der Waals surface area contributed by atoms with Crippen molar-refractivity contribution in [1.82, 2.24) is 14.7 Å². The van der Waals surface area contributed by atoms with E-state index in [1.807, 2.05) is 30.0 Å². The molecule has 2 atom stereocenters. The average Bonchev–Trinajstić information content (AvgIpc) is 3.31. The third-order valence-electron chi connectivity index (χ3n) is 6.40. The smallest absolute Gasteiger partial charge is 0.234 e. The number of halogens is 1. The molecule has 7 nitrogen and oxygen atoms in total. The van der Waals surface area contributed by atoms with Crippen LogP contribution in [0.4, 0.5) is 15.9 Å². The van der Waals surface area contributed by atoms with Gasteiger partial charge in [0.05, 0.1) is 23.9 Å². The van der Waals surface area contributed by atoms with Gasteiger partial charge in [0.2, 0.25) is 5.91 Å². The molecule has 33 heavy (non-hydrogen) atoms. The fraction of sp³-hybridized carbons (Fsp3) is 0.280. The zero-order chi connectivity index (χ0) is 22.9. The minimum atomic E-state index is -0.484. The van der Waals surface area contributed by atoms with Crippen molar-refractivity contribution in [3.8, 4) is 6.07 Å². The van der Waals surface area contributed by atoms with Gasteiger partial charge in [-0.3, -0.25) is 4.79 Å². The van der Waals surface area contributed by atoms with Crippen LogP contribution in [0.3, 0.4) is 0 Å². The van der Waals surface area contributed by atoms with E-state index in [-0.39, 0.29) is 17.8 Å². The summed E-state index contributed by atoms with van der Waals surface area (Å²) in [7, 11) is 0. The number of hydrogen-bond donors (Lipinski definition) is 0. The molecule has 3 heterocycles. The molecule has 3 aromatic rings. The summed E-state index contributed by atoms with van der Waals surface area (Å²) in [5.74, 6) is -0.00767. The van der Waals surface area contributed by atoms with Crippen LogP contribution in [0, 0.1) is 23.1 Å². The van der Waals surface area contributed by atoms with Crippen LogP contribution in [-0.2, 0) is 4.79 Å². The average molecular weight is 442 g/mol. The molecule has 0 N–H and O–H groups in total. The monoisotopic (exact) mass is 442 g/mol. The van der Waals surface area contributed by atoms with E-state index in [4.69, 9.17) is 5.26 Å². The summed E-state index contributed by atoms with van der Waals surface area (Å²) >= 11 is 0. The molecule has 0 spiro atoms. The highest BCUT2D eigenvalue weighted by Gasteiger charge is 2.40. The lowest BCUT2D eigenvalue weighted by Crippen LogP contribution is -2.53. The van der Waals surface area contributed by atoms with Crippen molar-refractivity contribution in [2.24, 2.45) is 10.9 Å². The highest BCUT2D eigenvalue weighted by atomic mass is 19.1. The number of rotatable bonds is 3. The predicted octanol–water partition coefficient (Wildman–Crippen LogP) is 3.55. The van der Waals surface area contributed by atoms with Gasteiger partial charge in [-0.1, -0.05) is 12.1 Å². The number of hydrogen-bond acceptors (Lipinski definition) is 5. The molecule has 2 aliphatic heterocycles. The molecule has 5 rings (SSSR count). The number of nitrogens with zero attached hydrogens (tertiary/aromatic N) is 6. The van der Waals surface area contributed by atoms with E-state index in [9.17, 15) is 9.18 Å². The van der Waals surface area contributed by atoms with Gasteiger partial charge in [-0.05, 0) is 48.9 Å². The van der Waals surface area contributed by atoms with Crippen molar-refractivity contribution in [1.29, 1.82) is 5.26 Å². The number of amides is 1. The quantitative estimate of drug-likeness (QED) is 0.622. The van der Waals surface area contributed by atoms with Crippen LogP contribution in [0.2, 0.25) is 0 Å². The number of nitriles is 1. The molecule has 1 fully saturated rings. The molecular weight excluding hydrogens is 419 g/mol. The zero-order valence-corrected chi connectivity index (χ0v) is 18.2. The number of aromatic nitrogens is 2. The summed E-state index contributed by atoms with van der Waals surface area (Å²) < 4.78 is 15.1. The number of carbonyl (C=O) groups is 1. The Kier molecular flexibility index (Phi) is 5.38. The second kappa shape index (κ2) is 8.51. The first kappa shape index (κ1) is 20.9. The van der Waals surface area contributed by atoms with Crippen LogP contribution in [0.15, 0.2) is 65.8 Å². The molecule has 0 bridgehead atoms. The Balaban J connectivity index is 1.40. The summed E-state index contributed by atoms with van der Waals surface area (Å²) in [5, 5.41) is 13.6. The first-order valence-electron chi connectivity index (χ1n) is 10.9. The molecule has 8 heteroatoms. The third-order valence-corrected chi connectivity index (χ3v) is 6.40. The molecule has 0 radical (unpaired) electrons. The van der Waals surface area contributed by atoms with Crippen LogP contribution >= 0.6 is 0 Å². The zero-order valence-electron chi connectivity index (χ0n) is 18.2. The number of anilines is 1. The Morgan fingerprint density at radius 3 is 2.39 bits per heavy atom. The topological polar surface area (TPSA) is 77.5 Å². The molecule has 2 unspecified atom stereocenters. The van der Waals surface area contributed by atoms with E-state index in [0.717, 1.165) is 17.0 Å². The Morgan fingerprint density at radius 1 is 1.03 bits per heavy atom. The molecule has 1 aromatic heterocycles. The molecule has 0 aliphatic carbocycles.